The molecule has 126 valence electrons. The highest BCUT2D eigenvalue weighted by molar-refractivity contribution is 5.33. The smallest absolute Gasteiger partial charge is 0.281 e. The SMILES string of the molecule is CC1(O)CCC2(O)C3(C)COC4(O)CC12C(O)C(O4)C3(C)O. The van der Waals surface area contributed by atoms with Gasteiger partial charge < -0.3 is 35.0 Å². The van der Waals surface area contributed by atoms with Crippen molar-refractivity contribution >= 4 is 0 Å². The van der Waals surface area contributed by atoms with Crippen LogP contribution in [-0.4, -0.2) is 67.1 Å². The average Bonchev–Trinajstić information content (AvgIpc) is 2.53. The van der Waals surface area contributed by atoms with E-state index in [0.717, 1.165) is 0 Å². The highest BCUT2D eigenvalue weighted by Gasteiger charge is 2.87. The molecule has 0 aromatic rings. The van der Waals surface area contributed by atoms with Crippen molar-refractivity contribution in [3.05, 3.63) is 0 Å². The summed E-state index contributed by atoms with van der Waals surface area (Å²) in [6.45, 7) is 4.58. The van der Waals surface area contributed by atoms with Gasteiger partial charge in [0.05, 0.1) is 34.7 Å². The third kappa shape index (κ3) is 1.17. The second-order valence-corrected chi connectivity index (χ2v) is 8.25. The van der Waals surface area contributed by atoms with E-state index < -0.39 is 45.8 Å². The minimum Gasteiger partial charge on any atom is -0.389 e. The van der Waals surface area contributed by atoms with Gasteiger partial charge in [-0.3, -0.25) is 0 Å². The second kappa shape index (κ2) is 3.54. The Kier molecular flexibility index (Phi) is 2.45. The Bertz CT molecular complexity index is 548. The van der Waals surface area contributed by atoms with Crippen LogP contribution in [0.4, 0.5) is 0 Å². The van der Waals surface area contributed by atoms with Crippen molar-refractivity contribution < 1.29 is 35.0 Å². The Morgan fingerprint density at radius 1 is 1.00 bits per heavy atom. The van der Waals surface area contributed by atoms with Gasteiger partial charge in [0.2, 0.25) is 0 Å². The maximum atomic E-state index is 11.6. The molecule has 7 nitrogen and oxygen atoms in total. The normalized spacial score (nSPS) is 69.8. The largest absolute Gasteiger partial charge is 0.389 e. The third-order valence-corrected chi connectivity index (χ3v) is 7.45. The molecule has 8 unspecified atom stereocenters. The quantitative estimate of drug-likeness (QED) is 0.382. The van der Waals surface area contributed by atoms with Gasteiger partial charge in [-0.25, -0.2) is 0 Å². The van der Waals surface area contributed by atoms with E-state index in [2.05, 4.69) is 0 Å². The lowest BCUT2D eigenvalue weighted by atomic mass is 9.43. The van der Waals surface area contributed by atoms with Gasteiger partial charge in [0, 0.05) is 6.42 Å². The standard InChI is InChI=1S/C15H24O7/c1-10-7-21-15(20)6-13(8(16)9(22-15)12(10,3)18)11(2,17)4-5-14(10,13)19/h8-9,16-20H,4-7H2,1-3H3. The van der Waals surface area contributed by atoms with Gasteiger partial charge >= 0.3 is 0 Å². The molecule has 22 heavy (non-hydrogen) atoms. The molecule has 3 heterocycles. The van der Waals surface area contributed by atoms with Crippen molar-refractivity contribution in [2.24, 2.45) is 10.8 Å². The molecule has 8 atom stereocenters. The Hall–Kier alpha value is -0.280. The van der Waals surface area contributed by atoms with E-state index in [9.17, 15) is 25.5 Å². The van der Waals surface area contributed by atoms with Crippen molar-refractivity contribution in [2.45, 2.75) is 75.0 Å². The van der Waals surface area contributed by atoms with Crippen molar-refractivity contribution in [2.75, 3.05) is 6.61 Å². The van der Waals surface area contributed by atoms with E-state index in [1.165, 1.54) is 6.92 Å². The predicted octanol–water partition coefficient (Wildman–Crippen LogP) is -1.15. The van der Waals surface area contributed by atoms with Crippen molar-refractivity contribution in [1.82, 2.24) is 0 Å². The first-order chi connectivity index (χ1) is 9.87. The van der Waals surface area contributed by atoms with Crippen LogP contribution in [0.2, 0.25) is 0 Å². The summed E-state index contributed by atoms with van der Waals surface area (Å²) in [6, 6.07) is 0. The Morgan fingerprint density at radius 2 is 1.64 bits per heavy atom. The lowest BCUT2D eigenvalue weighted by Gasteiger charge is -2.68. The van der Waals surface area contributed by atoms with Gasteiger partial charge in [-0.2, -0.15) is 0 Å². The molecule has 0 aromatic carbocycles. The van der Waals surface area contributed by atoms with Crippen molar-refractivity contribution in [3.8, 4) is 0 Å². The molecule has 1 spiro atoms. The molecule has 2 aliphatic carbocycles. The van der Waals surface area contributed by atoms with Gasteiger partial charge in [0.1, 0.15) is 11.7 Å². The summed E-state index contributed by atoms with van der Waals surface area (Å²) < 4.78 is 11.0. The molecule has 4 bridgehead atoms. The first-order valence-corrected chi connectivity index (χ1v) is 7.76. The molecule has 5 rings (SSSR count). The maximum Gasteiger partial charge on any atom is 0.281 e. The van der Waals surface area contributed by atoms with Gasteiger partial charge in [-0.05, 0) is 26.7 Å². The zero-order valence-electron chi connectivity index (χ0n) is 13.0. The van der Waals surface area contributed by atoms with E-state index in [-0.39, 0.29) is 25.9 Å². The summed E-state index contributed by atoms with van der Waals surface area (Å²) in [7, 11) is 0. The van der Waals surface area contributed by atoms with Crippen LogP contribution in [0.15, 0.2) is 0 Å². The second-order valence-electron chi connectivity index (χ2n) is 8.25. The van der Waals surface area contributed by atoms with Crippen LogP contribution < -0.4 is 0 Å². The summed E-state index contributed by atoms with van der Waals surface area (Å²) in [5.41, 5.74) is -7.26. The minimum atomic E-state index is -2.04. The number of rotatable bonds is 0. The number of aliphatic hydroxyl groups excluding tert-OH is 1. The van der Waals surface area contributed by atoms with Gasteiger partial charge in [-0.1, -0.05) is 6.92 Å². The molecule has 5 N–H and O–H groups in total. The molecule has 0 amide bonds. The van der Waals surface area contributed by atoms with Crippen LogP contribution >= 0.6 is 0 Å². The Morgan fingerprint density at radius 3 is 2.27 bits per heavy atom. The monoisotopic (exact) mass is 316 g/mol. The van der Waals surface area contributed by atoms with E-state index in [1.54, 1.807) is 13.8 Å². The summed E-state index contributed by atoms with van der Waals surface area (Å²) in [4.78, 5) is 0. The van der Waals surface area contributed by atoms with Gasteiger partial charge in [0.15, 0.2) is 0 Å². The minimum absolute atomic E-state index is 0.131. The third-order valence-electron chi connectivity index (χ3n) is 7.45. The van der Waals surface area contributed by atoms with Crippen molar-refractivity contribution in [1.29, 1.82) is 0 Å². The highest BCUT2D eigenvalue weighted by Crippen LogP contribution is 2.74. The number of aliphatic hydroxyl groups is 5. The average molecular weight is 316 g/mol. The first kappa shape index (κ1) is 15.3. The van der Waals surface area contributed by atoms with Crippen LogP contribution in [0.3, 0.4) is 0 Å². The fourth-order valence-corrected chi connectivity index (χ4v) is 5.77. The summed E-state index contributed by atoms with van der Waals surface area (Å²) in [5, 5.41) is 55.2. The van der Waals surface area contributed by atoms with E-state index in [4.69, 9.17) is 9.47 Å². The van der Waals surface area contributed by atoms with E-state index >= 15 is 0 Å². The Labute approximate surface area is 128 Å². The molecule has 2 saturated carbocycles. The van der Waals surface area contributed by atoms with Gasteiger partial charge in [0.25, 0.3) is 5.97 Å². The van der Waals surface area contributed by atoms with Gasteiger partial charge in [-0.15, -0.1) is 0 Å². The number of fused-ring (bicyclic) bond motifs is 1. The summed E-state index contributed by atoms with van der Waals surface area (Å²) in [6.07, 6.45) is -2.26. The molecule has 5 fully saturated rings. The maximum absolute atomic E-state index is 11.6. The number of ether oxygens (including phenoxy) is 2. The van der Waals surface area contributed by atoms with Crippen LogP contribution in [0.5, 0.6) is 0 Å². The van der Waals surface area contributed by atoms with Crippen LogP contribution in [0.25, 0.3) is 0 Å². The molecule has 0 aromatic heterocycles. The molecule has 5 aliphatic rings. The van der Waals surface area contributed by atoms with Crippen LogP contribution in [0, 0.1) is 10.8 Å². The lowest BCUT2D eigenvalue weighted by molar-refractivity contribution is -0.450. The molecule has 3 saturated heterocycles. The fraction of sp³-hybridized carbons (Fsp3) is 1.00. The number of hydrogen-bond acceptors (Lipinski definition) is 7. The van der Waals surface area contributed by atoms with Crippen LogP contribution in [0.1, 0.15) is 40.0 Å². The molecule has 7 heteroatoms. The zero-order valence-corrected chi connectivity index (χ0v) is 13.0. The molecule has 3 aliphatic heterocycles. The topological polar surface area (TPSA) is 120 Å². The lowest BCUT2D eigenvalue weighted by Crippen LogP contribution is -2.83. The molecular formula is C15H24O7. The van der Waals surface area contributed by atoms with Crippen LogP contribution in [-0.2, 0) is 9.47 Å². The highest BCUT2D eigenvalue weighted by atomic mass is 16.8. The van der Waals surface area contributed by atoms with Crippen molar-refractivity contribution in [3.63, 3.8) is 0 Å². The molecular weight excluding hydrogens is 292 g/mol. The Balaban J connectivity index is 2.08. The number of hydrogen-bond donors (Lipinski definition) is 5. The molecule has 0 radical (unpaired) electrons. The van der Waals surface area contributed by atoms with E-state index in [0.29, 0.717) is 0 Å². The predicted molar refractivity (Wildman–Crippen MR) is 72.4 cm³/mol. The first-order valence-electron chi connectivity index (χ1n) is 7.76. The van der Waals surface area contributed by atoms with E-state index in [1.807, 2.05) is 0 Å². The summed E-state index contributed by atoms with van der Waals surface area (Å²) in [5.74, 6) is -2.04. The zero-order chi connectivity index (χ0) is 16.4. The fourth-order valence-electron chi connectivity index (χ4n) is 5.77. The summed E-state index contributed by atoms with van der Waals surface area (Å²) >= 11 is 0.